The van der Waals surface area contributed by atoms with Gasteiger partial charge in [0.25, 0.3) is 0 Å². The highest BCUT2D eigenvalue weighted by Gasteiger charge is 2.36. The van der Waals surface area contributed by atoms with Crippen molar-refractivity contribution in [2.24, 2.45) is 0 Å². The van der Waals surface area contributed by atoms with Crippen LogP contribution >= 0.6 is 0 Å². The van der Waals surface area contributed by atoms with E-state index in [9.17, 15) is 10.1 Å². The minimum atomic E-state index is -1.06. The van der Waals surface area contributed by atoms with Gasteiger partial charge in [-0.2, -0.15) is 5.26 Å². The first-order chi connectivity index (χ1) is 7.04. The van der Waals surface area contributed by atoms with Crippen molar-refractivity contribution >= 4 is 0 Å². The van der Waals surface area contributed by atoms with Gasteiger partial charge >= 0.3 is 0 Å². The molecule has 0 heterocycles. The van der Waals surface area contributed by atoms with Crippen LogP contribution < -0.4 is 0 Å². The lowest BCUT2D eigenvalue weighted by atomic mass is 9.90. The van der Waals surface area contributed by atoms with Crippen molar-refractivity contribution in [3.05, 3.63) is 45.5 Å². The van der Waals surface area contributed by atoms with Crippen LogP contribution in [-0.2, 0) is 5.54 Å². The third-order valence-electron chi connectivity index (χ3n) is 2.73. The van der Waals surface area contributed by atoms with E-state index in [-0.39, 0.29) is 4.92 Å². The number of nitriles is 1. The molecule has 0 radical (unpaired) electrons. The van der Waals surface area contributed by atoms with Crippen molar-refractivity contribution in [3.8, 4) is 6.07 Å². The van der Waals surface area contributed by atoms with Gasteiger partial charge in [0.05, 0.1) is 11.6 Å². The van der Waals surface area contributed by atoms with Crippen LogP contribution in [0.4, 0.5) is 0 Å². The Balaban J connectivity index is 3.15. The largest absolute Gasteiger partial charge is 0.264 e. The number of benzene rings is 1. The fraction of sp³-hybridized carbons (Fsp3) is 0.364. The van der Waals surface area contributed by atoms with Crippen molar-refractivity contribution in [2.75, 3.05) is 0 Å². The Hall–Kier alpha value is -1.89. The number of hydrogen-bond donors (Lipinski definition) is 0. The van der Waals surface area contributed by atoms with Crippen LogP contribution in [-0.4, -0.2) is 4.92 Å². The molecule has 1 atom stereocenters. The monoisotopic (exact) mass is 204 g/mol. The summed E-state index contributed by atoms with van der Waals surface area (Å²) in [6.07, 6.45) is 0.423. The second kappa shape index (κ2) is 4.09. The summed E-state index contributed by atoms with van der Waals surface area (Å²) in [5, 5.41) is 19.6. The van der Waals surface area contributed by atoms with Crippen molar-refractivity contribution < 1.29 is 4.92 Å². The molecule has 0 spiro atoms. The summed E-state index contributed by atoms with van der Waals surface area (Å²) in [5.74, 6) is 0. The summed E-state index contributed by atoms with van der Waals surface area (Å²) < 4.78 is 0. The topological polar surface area (TPSA) is 66.9 Å². The van der Waals surface area contributed by atoms with Crippen LogP contribution in [0.1, 0.15) is 31.4 Å². The van der Waals surface area contributed by atoms with Gasteiger partial charge in [0, 0.05) is 23.8 Å². The number of nitrogens with zero attached hydrogens (tertiary/aromatic N) is 2. The van der Waals surface area contributed by atoms with Crippen LogP contribution in [0.2, 0.25) is 0 Å². The van der Waals surface area contributed by atoms with Crippen molar-refractivity contribution in [3.63, 3.8) is 0 Å². The van der Waals surface area contributed by atoms with E-state index in [1.807, 2.05) is 6.07 Å². The zero-order chi connectivity index (χ0) is 11.5. The van der Waals surface area contributed by atoms with Crippen LogP contribution in [0.15, 0.2) is 24.3 Å². The lowest BCUT2D eigenvalue weighted by Crippen LogP contribution is -2.30. The molecule has 0 amide bonds. The van der Waals surface area contributed by atoms with E-state index < -0.39 is 5.54 Å². The van der Waals surface area contributed by atoms with Crippen molar-refractivity contribution in [2.45, 2.75) is 25.8 Å². The molecule has 0 fully saturated rings. The minimum absolute atomic E-state index is 0.283. The first-order valence-corrected chi connectivity index (χ1v) is 4.69. The van der Waals surface area contributed by atoms with Gasteiger partial charge in [0.2, 0.25) is 5.54 Å². The van der Waals surface area contributed by atoms with E-state index in [4.69, 9.17) is 5.26 Å². The van der Waals surface area contributed by atoms with Gasteiger partial charge in [-0.15, -0.1) is 0 Å². The molecule has 0 aliphatic heterocycles. The van der Waals surface area contributed by atoms with Crippen molar-refractivity contribution in [1.82, 2.24) is 0 Å². The fourth-order valence-electron chi connectivity index (χ4n) is 1.34. The lowest BCUT2D eigenvalue weighted by molar-refractivity contribution is -0.575. The first kappa shape index (κ1) is 11.2. The van der Waals surface area contributed by atoms with Crippen LogP contribution in [0, 0.1) is 21.4 Å². The highest BCUT2D eigenvalue weighted by molar-refractivity contribution is 5.33. The summed E-state index contributed by atoms with van der Waals surface area (Å²) in [5.41, 5.74) is 0.0862. The summed E-state index contributed by atoms with van der Waals surface area (Å²) in [7, 11) is 0. The van der Waals surface area contributed by atoms with E-state index in [0.29, 0.717) is 17.5 Å². The Morgan fingerprint density at radius 3 is 2.33 bits per heavy atom. The number of hydrogen-bond acceptors (Lipinski definition) is 3. The van der Waals surface area contributed by atoms with Gasteiger partial charge in [0.15, 0.2) is 0 Å². The third-order valence-corrected chi connectivity index (χ3v) is 2.73. The summed E-state index contributed by atoms with van der Waals surface area (Å²) >= 11 is 0. The van der Waals surface area contributed by atoms with Crippen LogP contribution in [0.3, 0.4) is 0 Å². The Morgan fingerprint density at radius 2 is 2.00 bits per heavy atom. The van der Waals surface area contributed by atoms with Gasteiger partial charge in [-0.25, -0.2) is 0 Å². The molecule has 4 heteroatoms. The second-order valence-corrected chi connectivity index (χ2v) is 3.57. The highest BCUT2D eigenvalue weighted by atomic mass is 16.6. The average molecular weight is 204 g/mol. The molecule has 0 saturated carbocycles. The van der Waals surface area contributed by atoms with Gasteiger partial charge in [0.1, 0.15) is 0 Å². The quantitative estimate of drug-likeness (QED) is 0.561. The Bertz CT molecular complexity index is 406. The Kier molecular flexibility index (Phi) is 3.05. The maximum atomic E-state index is 10.9. The number of nitro groups is 1. The van der Waals surface area contributed by atoms with Gasteiger partial charge in [-0.3, -0.25) is 10.1 Å². The molecule has 1 rings (SSSR count). The molecule has 15 heavy (non-hydrogen) atoms. The SMILES string of the molecule is CC[C@@](C)(c1ccc(C#N)cc1)[N+](=O)[O-]. The maximum Gasteiger partial charge on any atom is 0.244 e. The molecule has 78 valence electrons. The van der Waals surface area contributed by atoms with E-state index in [2.05, 4.69) is 0 Å². The molecule has 0 aromatic heterocycles. The van der Waals surface area contributed by atoms with E-state index in [1.54, 1.807) is 38.1 Å². The molecular weight excluding hydrogens is 192 g/mol. The van der Waals surface area contributed by atoms with E-state index in [0.717, 1.165) is 0 Å². The normalized spacial score (nSPS) is 13.9. The standard InChI is InChI=1S/C11H12N2O2/c1-3-11(2,13(14)15)10-6-4-9(8-12)5-7-10/h4-7H,3H2,1-2H3/t11-/m0/s1. The number of rotatable bonds is 3. The average Bonchev–Trinajstić information content (AvgIpc) is 2.28. The fourth-order valence-corrected chi connectivity index (χ4v) is 1.34. The smallest absolute Gasteiger partial charge is 0.244 e. The molecule has 0 saturated heterocycles. The summed E-state index contributed by atoms with van der Waals surface area (Å²) in [6.45, 7) is 3.37. The molecule has 1 aromatic carbocycles. The predicted octanol–water partition coefficient (Wildman–Crippen LogP) is 2.46. The highest BCUT2D eigenvalue weighted by Crippen LogP contribution is 2.27. The molecule has 4 nitrogen and oxygen atoms in total. The molecule has 0 aliphatic rings. The molecule has 1 aromatic rings. The van der Waals surface area contributed by atoms with E-state index >= 15 is 0 Å². The minimum Gasteiger partial charge on any atom is -0.264 e. The third kappa shape index (κ3) is 1.96. The lowest BCUT2D eigenvalue weighted by Gasteiger charge is -2.19. The zero-order valence-electron chi connectivity index (χ0n) is 8.73. The Morgan fingerprint density at radius 1 is 1.47 bits per heavy atom. The predicted molar refractivity (Wildman–Crippen MR) is 55.8 cm³/mol. The molecule has 0 N–H and O–H groups in total. The molecular formula is C11H12N2O2. The van der Waals surface area contributed by atoms with Gasteiger partial charge in [-0.1, -0.05) is 19.1 Å². The summed E-state index contributed by atoms with van der Waals surface area (Å²) in [4.78, 5) is 10.7. The maximum absolute atomic E-state index is 10.9. The van der Waals surface area contributed by atoms with Crippen LogP contribution in [0.25, 0.3) is 0 Å². The van der Waals surface area contributed by atoms with Crippen molar-refractivity contribution in [1.29, 1.82) is 5.26 Å². The Labute approximate surface area is 88.3 Å². The summed E-state index contributed by atoms with van der Waals surface area (Å²) in [6, 6.07) is 8.48. The second-order valence-electron chi connectivity index (χ2n) is 3.57. The molecule has 0 unspecified atom stereocenters. The van der Waals surface area contributed by atoms with Gasteiger partial charge in [-0.05, 0) is 12.1 Å². The molecule has 0 aliphatic carbocycles. The van der Waals surface area contributed by atoms with E-state index in [1.165, 1.54) is 0 Å². The van der Waals surface area contributed by atoms with Crippen LogP contribution in [0.5, 0.6) is 0 Å². The van der Waals surface area contributed by atoms with Gasteiger partial charge < -0.3 is 0 Å². The first-order valence-electron chi connectivity index (χ1n) is 4.69. The molecule has 0 bridgehead atoms. The zero-order valence-corrected chi connectivity index (χ0v) is 8.73.